The zero-order valence-corrected chi connectivity index (χ0v) is 17.8. The van der Waals surface area contributed by atoms with E-state index in [2.05, 4.69) is 46.8 Å². The highest BCUT2D eigenvalue weighted by Crippen LogP contribution is 2.34. The monoisotopic (exact) mass is 398 g/mol. The highest BCUT2D eigenvalue weighted by Gasteiger charge is 2.10. The first kappa shape index (κ1) is 22.7. The predicted octanol–water partition coefficient (Wildman–Crippen LogP) is 4.39. The molecule has 0 aliphatic carbocycles. The number of ether oxygens (including phenoxy) is 2. The fraction of sp³-hybridized carbons (Fsp3) is 0.435. The fourth-order valence-electron chi connectivity index (χ4n) is 3.00. The minimum absolute atomic E-state index is 0.601. The summed E-state index contributed by atoms with van der Waals surface area (Å²) >= 11 is 0. The van der Waals surface area contributed by atoms with Crippen molar-refractivity contribution >= 4 is 17.5 Å². The molecule has 0 amide bonds. The van der Waals surface area contributed by atoms with Gasteiger partial charge in [0.05, 0.1) is 13.7 Å². The minimum atomic E-state index is 0.601. The Labute approximate surface area is 174 Å². The Bertz CT molecular complexity index is 777. The second kappa shape index (κ2) is 12.8. The summed E-state index contributed by atoms with van der Waals surface area (Å²) in [4.78, 5) is 4.21. The molecule has 0 saturated heterocycles. The van der Waals surface area contributed by atoms with Gasteiger partial charge < -0.3 is 25.8 Å². The van der Waals surface area contributed by atoms with E-state index in [1.165, 1.54) is 0 Å². The van der Waals surface area contributed by atoms with E-state index in [0.717, 1.165) is 60.5 Å². The van der Waals surface area contributed by atoms with Crippen molar-refractivity contribution < 1.29 is 9.47 Å². The number of unbranched alkanes of at least 4 members (excludes halogenated alkanes) is 1. The summed E-state index contributed by atoms with van der Waals surface area (Å²) < 4.78 is 11.0. The summed E-state index contributed by atoms with van der Waals surface area (Å²) in [5.74, 6) is 0.601. The van der Waals surface area contributed by atoms with E-state index >= 15 is 0 Å². The van der Waals surface area contributed by atoms with Crippen molar-refractivity contribution in [3.8, 4) is 17.0 Å². The number of anilines is 2. The molecule has 0 aliphatic rings. The number of pyridine rings is 1. The maximum atomic E-state index is 5.70. The lowest BCUT2D eigenvalue weighted by Gasteiger charge is -2.17. The van der Waals surface area contributed by atoms with Gasteiger partial charge in [-0.25, -0.2) is 4.98 Å². The number of aromatic nitrogens is 1. The smallest absolute Gasteiger partial charge is 0.213 e. The van der Waals surface area contributed by atoms with Crippen LogP contribution in [0.4, 0.5) is 11.4 Å². The lowest BCUT2D eigenvalue weighted by molar-refractivity contribution is 0.140. The normalized spacial score (nSPS) is 11.0. The van der Waals surface area contributed by atoms with Gasteiger partial charge in [-0.2, -0.15) is 0 Å². The molecule has 0 saturated carbocycles. The summed E-state index contributed by atoms with van der Waals surface area (Å²) in [5, 5.41) is 6.87. The molecule has 0 bridgehead atoms. The van der Waals surface area contributed by atoms with E-state index in [9.17, 15) is 0 Å². The van der Waals surface area contributed by atoms with E-state index in [-0.39, 0.29) is 0 Å². The molecule has 158 valence electrons. The largest absolute Gasteiger partial charge is 0.481 e. The van der Waals surface area contributed by atoms with E-state index in [1.807, 2.05) is 19.2 Å². The van der Waals surface area contributed by atoms with Gasteiger partial charge in [0.15, 0.2) is 0 Å². The molecule has 0 atom stereocenters. The first-order valence-electron chi connectivity index (χ1n) is 10.3. The van der Waals surface area contributed by atoms with Crippen molar-refractivity contribution in [1.82, 2.24) is 4.98 Å². The quantitative estimate of drug-likeness (QED) is 0.434. The van der Waals surface area contributed by atoms with E-state index in [1.54, 1.807) is 13.3 Å². The van der Waals surface area contributed by atoms with Gasteiger partial charge >= 0.3 is 0 Å². The molecular formula is C23H34N4O2. The van der Waals surface area contributed by atoms with Crippen molar-refractivity contribution in [2.45, 2.75) is 26.2 Å². The molecule has 0 fully saturated rings. The van der Waals surface area contributed by atoms with E-state index in [4.69, 9.17) is 15.2 Å². The van der Waals surface area contributed by atoms with Gasteiger partial charge in [-0.3, -0.25) is 0 Å². The molecule has 1 heterocycles. The average Bonchev–Trinajstić information content (AvgIpc) is 2.77. The van der Waals surface area contributed by atoms with Crippen molar-refractivity contribution in [2.75, 3.05) is 51.1 Å². The Morgan fingerprint density at radius 2 is 1.93 bits per heavy atom. The first-order valence-corrected chi connectivity index (χ1v) is 10.3. The molecule has 1 aromatic heterocycles. The van der Waals surface area contributed by atoms with E-state index in [0.29, 0.717) is 19.0 Å². The van der Waals surface area contributed by atoms with Crippen LogP contribution < -0.4 is 21.1 Å². The van der Waals surface area contributed by atoms with Crippen LogP contribution in [0.25, 0.3) is 17.2 Å². The van der Waals surface area contributed by atoms with Gasteiger partial charge in [0.25, 0.3) is 0 Å². The lowest BCUT2D eigenvalue weighted by Crippen LogP contribution is -2.12. The van der Waals surface area contributed by atoms with Crippen LogP contribution in [0.5, 0.6) is 5.88 Å². The number of nitrogens with zero attached hydrogens (tertiary/aromatic N) is 1. The SMILES string of the molecule is CC/C=C/c1c(NC)cc(-c2ccnc(OC)c2)cc1NCCOCCCCN. The fourth-order valence-corrected chi connectivity index (χ4v) is 3.00. The molecule has 4 N–H and O–H groups in total. The maximum absolute atomic E-state index is 5.70. The minimum Gasteiger partial charge on any atom is -0.481 e. The number of hydrogen-bond acceptors (Lipinski definition) is 6. The number of nitrogens with one attached hydrogen (secondary N) is 2. The second-order valence-electron chi connectivity index (χ2n) is 6.67. The molecule has 0 radical (unpaired) electrons. The van der Waals surface area contributed by atoms with Crippen LogP contribution in [0, 0.1) is 0 Å². The van der Waals surface area contributed by atoms with Gasteiger partial charge in [-0.05, 0) is 55.1 Å². The zero-order chi connectivity index (χ0) is 20.9. The van der Waals surface area contributed by atoms with Crippen molar-refractivity contribution in [1.29, 1.82) is 0 Å². The predicted molar refractivity (Wildman–Crippen MR) is 123 cm³/mol. The Morgan fingerprint density at radius 3 is 2.66 bits per heavy atom. The van der Waals surface area contributed by atoms with E-state index < -0.39 is 0 Å². The van der Waals surface area contributed by atoms with Gasteiger partial charge in [0.1, 0.15) is 0 Å². The zero-order valence-electron chi connectivity index (χ0n) is 17.8. The van der Waals surface area contributed by atoms with Crippen LogP contribution >= 0.6 is 0 Å². The summed E-state index contributed by atoms with van der Waals surface area (Å²) in [6.07, 6.45) is 9.08. The van der Waals surface area contributed by atoms with Gasteiger partial charge in [-0.15, -0.1) is 0 Å². The Balaban J connectivity index is 2.23. The van der Waals surface area contributed by atoms with Crippen LogP contribution in [-0.4, -0.2) is 45.4 Å². The van der Waals surface area contributed by atoms with Crippen LogP contribution in [0.3, 0.4) is 0 Å². The number of hydrogen-bond donors (Lipinski definition) is 3. The molecule has 1 aromatic carbocycles. The third kappa shape index (κ3) is 7.07. The van der Waals surface area contributed by atoms with Gasteiger partial charge in [0, 0.05) is 49.4 Å². The molecule has 0 unspecified atom stereocenters. The molecule has 6 heteroatoms. The number of nitrogens with two attached hydrogens (primary N) is 1. The molecule has 6 nitrogen and oxygen atoms in total. The van der Waals surface area contributed by atoms with Gasteiger partial charge in [-0.1, -0.05) is 19.1 Å². The Kier molecular flexibility index (Phi) is 10.0. The Hall–Kier alpha value is -2.57. The second-order valence-corrected chi connectivity index (χ2v) is 6.67. The van der Waals surface area contributed by atoms with Crippen LogP contribution in [0.15, 0.2) is 36.5 Å². The van der Waals surface area contributed by atoms with Crippen molar-refractivity contribution in [2.24, 2.45) is 5.73 Å². The van der Waals surface area contributed by atoms with Crippen LogP contribution in [-0.2, 0) is 4.74 Å². The van der Waals surface area contributed by atoms with Crippen molar-refractivity contribution in [3.63, 3.8) is 0 Å². The maximum Gasteiger partial charge on any atom is 0.213 e. The summed E-state index contributed by atoms with van der Waals surface area (Å²) in [6, 6.07) is 8.25. The molecule has 2 aromatic rings. The molecule has 2 rings (SSSR count). The molecular weight excluding hydrogens is 364 g/mol. The van der Waals surface area contributed by atoms with Crippen molar-refractivity contribution in [3.05, 3.63) is 42.1 Å². The number of allylic oxidation sites excluding steroid dienone is 1. The topological polar surface area (TPSA) is 81.4 Å². The van der Waals surface area contributed by atoms with Gasteiger partial charge in [0.2, 0.25) is 5.88 Å². The summed E-state index contributed by atoms with van der Waals surface area (Å²) in [6.45, 7) is 5.00. The number of rotatable bonds is 13. The number of methoxy groups -OCH3 is 1. The Morgan fingerprint density at radius 1 is 1.10 bits per heavy atom. The standard InChI is InChI=1S/C23H34N4O2/c1-4-5-8-20-21(25-2)15-19(18-9-11-27-23(17-18)28-3)16-22(20)26-12-14-29-13-7-6-10-24/h5,8-9,11,15-17,25-26H,4,6-7,10,12-14,24H2,1-3H3/b8-5+. The van der Waals surface area contributed by atoms with Crippen LogP contribution in [0.2, 0.25) is 0 Å². The third-order valence-electron chi connectivity index (χ3n) is 4.55. The number of benzene rings is 1. The highest BCUT2D eigenvalue weighted by atomic mass is 16.5. The highest BCUT2D eigenvalue weighted by molar-refractivity contribution is 5.84. The molecule has 29 heavy (non-hydrogen) atoms. The third-order valence-corrected chi connectivity index (χ3v) is 4.55. The molecule has 0 aliphatic heterocycles. The summed E-state index contributed by atoms with van der Waals surface area (Å²) in [5.41, 5.74) is 10.9. The average molecular weight is 399 g/mol. The molecule has 0 spiro atoms. The first-order chi connectivity index (χ1) is 14.2. The lowest BCUT2D eigenvalue weighted by atomic mass is 10.00. The van der Waals surface area contributed by atoms with Crippen LogP contribution in [0.1, 0.15) is 31.7 Å². The summed E-state index contributed by atoms with van der Waals surface area (Å²) in [7, 11) is 3.57.